The summed E-state index contributed by atoms with van der Waals surface area (Å²) in [6, 6.07) is 0. The van der Waals surface area contributed by atoms with Gasteiger partial charge < -0.3 is 5.11 Å². The van der Waals surface area contributed by atoms with E-state index >= 15 is 0 Å². The van der Waals surface area contributed by atoms with Crippen molar-refractivity contribution in [3.63, 3.8) is 0 Å². The van der Waals surface area contributed by atoms with Crippen molar-refractivity contribution in [2.45, 2.75) is 32.4 Å². The molecule has 0 aliphatic heterocycles. The van der Waals surface area contributed by atoms with Gasteiger partial charge in [-0.2, -0.15) is 4.98 Å². The molecule has 0 saturated carbocycles. The van der Waals surface area contributed by atoms with Gasteiger partial charge in [0.1, 0.15) is 0 Å². The van der Waals surface area contributed by atoms with E-state index in [-0.39, 0.29) is 0 Å². The summed E-state index contributed by atoms with van der Waals surface area (Å²) in [5, 5.41) is 13.8. The largest absolute Gasteiger partial charge is 0.388 e. The number of hydrogen-bond acceptors (Lipinski definition) is 3. The number of halogens is 2. The van der Waals surface area contributed by atoms with Crippen molar-refractivity contribution in [2.24, 2.45) is 0 Å². The molecule has 1 rings (SSSR count). The Kier molecular flexibility index (Phi) is 3.48. The topological polar surface area (TPSA) is 50.9 Å². The highest BCUT2D eigenvalue weighted by atomic mass is 79.9. The lowest BCUT2D eigenvalue weighted by Crippen LogP contribution is -2.30. The van der Waals surface area contributed by atoms with Gasteiger partial charge in [0.25, 0.3) is 0 Å². The number of aliphatic hydroxyl groups is 1. The predicted octanol–water partition coefficient (Wildman–Crippen LogP) is 1.96. The molecule has 1 atom stereocenters. The van der Waals surface area contributed by atoms with Crippen LogP contribution in [0, 0.1) is 0 Å². The first-order valence-corrected chi connectivity index (χ1v) is 5.51. The molecule has 0 aliphatic rings. The van der Waals surface area contributed by atoms with E-state index in [0.29, 0.717) is 22.4 Å². The summed E-state index contributed by atoms with van der Waals surface area (Å²) in [4.78, 5) is 4.00. The Morgan fingerprint density at radius 3 is 2.54 bits per heavy atom. The normalized spacial score (nSPS) is 15.8. The fourth-order valence-corrected chi connectivity index (χ4v) is 1.80. The minimum Gasteiger partial charge on any atom is -0.388 e. The van der Waals surface area contributed by atoms with Crippen molar-refractivity contribution in [3.8, 4) is 0 Å². The molecule has 0 bridgehead atoms. The number of hydrogen-bond donors (Lipinski definition) is 1. The molecule has 0 aliphatic carbocycles. The molecule has 13 heavy (non-hydrogen) atoms. The SMILES string of the molecule is CCC(C)(O)Cn1nc(Br)nc1Br. The fraction of sp³-hybridized carbons (Fsp3) is 0.714. The van der Waals surface area contributed by atoms with Crippen LogP contribution >= 0.6 is 31.9 Å². The average Bonchev–Trinajstić information content (AvgIpc) is 2.30. The minimum absolute atomic E-state index is 0.433. The van der Waals surface area contributed by atoms with E-state index in [9.17, 15) is 5.11 Å². The Bertz CT molecular complexity index is 298. The third-order valence-corrected chi connectivity index (χ3v) is 2.78. The Morgan fingerprint density at radius 1 is 1.54 bits per heavy atom. The second kappa shape index (κ2) is 4.06. The lowest BCUT2D eigenvalue weighted by Gasteiger charge is -2.20. The molecular formula is C7H11Br2N3O. The van der Waals surface area contributed by atoms with Crippen molar-refractivity contribution < 1.29 is 5.11 Å². The molecule has 1 aromatic heterocycles. The predicted molar refractivity (Wildman–Crippen MR) is 56.3 cm³/mol. The van der Waals surface area contributed by atoms with Crippen LogP contribution in [-0.4, -0.2) is 25.5 Å². The van der Waals surface area contributed by atoms with E-state index in [1.807, 2.05) is 6.92 Å². The van der Waals surface area contributed by atoms with Gasteiger partial charge in [0.15, 0.2) is 4.73 Å². The van der Waals surface area contributed by atoms with Crippen LogP contribution in [0.25, 0.3) is 0 Å². The maximum Gasteiger partial charge on any atom is 0.218 e. The molecule has 0 amide bonds. The molecule has 0 spiro atoms. The Morgan fingerprint density at radius 2 is 2.15 bits per heavy atom. The van der Waals surface area contributed by atoms with E-state index in [2.05, 4.69) is 41.9 Å². The average molecular weight is 313 g/mol. The van der Waals surface area contributed by atoms with Gasteiger partial charge in [-0.25, -0.2) is 4.68 Å². The van der Waals surface area contributed by atoms with Crippen LogP contribution in [0.5, 0.6) is 0 Å². The Balaban J connectivity index is 2.79. The zero-order valence-corrected chi connectivity index (χ0v) is 10.6. The van der Waals surface area contributed by atoms with E-state index in [1.54, 1.807) is 11.6 Å². The highest BCUT2D eigenvalue weighted by molar-refractivity contribution is 9.11. The monoisotopic (exact) mass is 311 g/mol. The summed E-state index contributed by atoms with van der Waals surface area (Å²) in [6.45, 7) is 4.14. The van der Waals surface area contributed by atoms with Gasteiger partial charge in [0.05, 0.1) is 12.1 Å². The van der Waals surface area contributed by atoms with Crippen molar-refractivity contribution in [1.82, 2.24) is 14.8 Å². The zero-order valence-electron chi connectivity index (χ0n) is 7.46. The molecule has 4 nitrogen and oxygen atoms in total. The molecule has 74 valence electrons. The summed E-state index contributed by atoms with van der Waals surface area (Å²) in [5.74, 6) is 0. The third kappa shape index (κ3) is 3.03. The fourth-order valence-electron chi connectivity index (χ4n) is 0.832. The van der Waals surface area contributed by atoms with Gasteiger partial charge in [-0.05, 0) is 45.2 Å². The molecule has 0 fully saturated rings. The number of aromatic nitrogens is 3. The molecule has 1 heterocycles. The molecule has 1 unspecified atom stereocenters. The lowest BCUT2D eigenvalue weighted by atomic mass is 10.0. The van der Waals surface area contributed by atoms with Crippen LogP contribution in [0.4, 0.5) is 0 Å². The maximum atomic E-state index is 9.79. The highest BCUT2D eigenvalue weighted by Gasteiger charge is 2.20. The molecule has 0 saturated heterocycles. The van der Waals surface area contributed by atoms with Crippen LogP contribution in [0.2, 0.25) is 0 Å². The van der Waals surface area contributed by atoms with Crippen LogP contribution in [0.15, 0.2) is 9.47 Å². The maximum absolute atomic E-state index is 9.79. The summed E-state index contributed by atoms with van der Waals surface area (Å²) in [6.07, 6.45) is 0.677. The van der Waals surface area contributed by atoms with Crippen molar-refractivity contribution >= 4 is 31.9 Å². The van der Waals surface area contributed by atoms with Gasteiger partial charge in [0.2, 0.25) is 4.73 Å². The first-order valence-electron chi connectivity index (χ1n) is 3.93. The molecule has 1 N–H and O–H groups in total. The van der Waals surface area contributed by atoms with Crippen molar-refractivity contribution in [3.05, 3.63) is 9.47 Å². The summed E-state index contributed by atoms with van der Waals surface area (Å²) in [5.41, 5.74) is -0.740. The minimum atomic E-state index is -0.740. The molecule has 0 radical (unpaired) electrons. The Labute approximate surface area is 93.6 Å². The molecule has 6 heteroatoms. The van der Waals surface area contributed by atoms with E-state index in [4.69, 9.17) is 0 Å². The molecule has 1 aromatic rings. The first-order chi connectivity index (χ1) is 5.94. The summed E-state index contributed by atoms with van der Waals surface area (Å²) < 4.78 is 2.76. The molecule has 0 aromatic carbocycles. The van der Waals surface area contributed by atoms with Gasteiger partial charge >= 0.3 is 0 Å². The molecular weight excluding hydrogens is 302 g/mol. The Hall–Kier alpha value is 0.0600. The van der Waals surface area contributed by atoms with E-state index in [1.165, 1.54) is 0 Å². The quantitative estimate of drug-likeness (QED) is 0.928. The van der Waals surface area contributed by atoms with Crippen LogP contribution in [0.3, 0.4) is 0 Å². The smallest absolute Gasteiger partial charge is 0.218 e. The van der Waals surface area contributed by atoms with Gasteiger partial charge in [-0.15, -0.1) is 5.10 Å². The van der Waals surface area contributed by atoms with Crippen LogP contribution in [-0.2, 0) is 6.54 Å². The van der Waals surface area contributed by atoms with Crippen LogP contribution < -0.4 is 0 Å². The summed E-state index contributed by atoms with van der Waals surface area (Å²) in [7, 11) is 0. The van der Waals surface area contributed by atoms with Crippen molar-refractivity contribution in [1.29, 1.82) is 0 Å². The van der Waals surface area contributed by atoms with Crippen molar-refractivity contribution in [2.75, 3.05) is 0 Å². The van der Waals surface area contributed by atoms with Gasteiger partial charge in [-0.3, -0.25) is 0 Å². The number of nitrogens with zero attached hydrogens (tertiary/aromatic N) is 3. The highest BCUT2D eigenvalue weighted by Crippen LogP contribution is 2.17. The first kappa shape index (κ1) is 11.1. The standard InChI is InChI=1S/C7H11Br2N3O/c1-3-7(2,13)4-12-6(9)10-5(8)11-12/h13H,3-4H2,1-2H3. The zero-order chi connectivity index (χ0) is 10.1. The lowest BCUT2D eigenvalue weighted by molar-refractivity contribution is 0.0336. The van der Waals surface area contributed by atoms with E-state index < -0.39 is 5.60 Å². The van der Waals surface area contributed by atoms with Gasteiger partial charge in [-0.1, -0.05) is 6.92 Å². The summed E-state index contributed by atoms with van der Waals surface area (Å²) >= 11 is 6.40. The van der Waals surface area contributed by atoms with Gasteiger partial charge in [0, 0.05) is 0 Å². The van der Waals surface area contributed by atoms with E-state index in [0.717, 1.165) is 0 Å². The third-order valence-electron chi connectivity index (χ3n) is 1.85. The second-order valence-electron chi connectivity index (χ2n) is 3.16. The second-order valence-corrected chi connectivity index (χ2v) is 4.58. The van der Waals surface area contributed by atoms with Crippen LogP contribution in [0.1, 0.15) is 20.3 Å². The number of rotatable bonds is 3.